The van der Waals surface area contributed by atoms with Gasteiger partial charge < -0.3 is 11.1 Å². The number of hydrogen-bond donors (Lipinski definition) is 2. The molecule has 0 spiro atoms. The molecule has 0 heterocycles. The number of rotatable bonds is 4. The van der Waals surface area contributed by atoms with Crippen molar-refractivity contribution in [3.63, 3.8) is 0 Å². The maximum Gasteiger partial charge on any atom is 0.227 e. The molecule has 3 heteroatoms. The van der Waals surface area contributed by atoms with Crippen molar-refractivity contribution in [3.05, 3.63) is 34.4 Å². The van der Waals surface area contributed by atoms with E-state index in [9.17, 15) is 4.79 Å². The van der Waals surface area contributed by atoms with Gasteiger partial charge in [0, 0.05) is 13.1 Å². The van der Waals surface area contributed by atoms with Gasteiger partial charge in [0.15, 0.2) is 0 Å². The summed E-state index contributed by atoms with van der Waals surface area (Å²) < 4.78 is 0. The van der Waals surface area contributed by atoms with Crippen molar-refractivity contribution >= 4 is 5.91 Å². The fourth-order valence-corrected chi connectivity index (χ4v) is 2.35. The molecule has 0 fully saturated rings. The average Bonchev–Trinajstić information content (AvgIpc) is 2.24. The van der Waals surface area contributed by atoms with E-state index in [4.69, 9.17) is 5.73 Å². The number of carbonyl (C=O) groups excluding carboxylic acids is 1. The van der Waals surface area contributed by atoms with Crippen LogP contribution in [0.1, 0.15) is 35.1 Å². The lowest BCUT2D eigenvalue weighted by Crippen LogP contribution is -2.32. The molecular weight excluding hydrogens is 212 g/mol. The van der Waals surface area contributed by atoms with Gasteiger partial charge in [-0.05, 0) is 44.4 Å². The minimum atomic E-state index is -0.123. The minimum absolute atomic E-state index is 0.0468. The second kappa shape index (κ2) is 5.82. The lowest BCUT2D eigenvalue weighted by molar-refractivity contribution is -0.122. The van der Waals surface area contributed by atoms with Crippen molar-refractivity contribution in [2.24, 2.45) is 5.73 Å². The summed E-state index contributed by atoms with van der Waals surface area (Å²) in [5, 5.41) is 2.84. The number of nitrogens with one attached hydrogen (secondary N) is 1. The van der Waals surface area contributed by atoms with Crippen LogP contribution in [0.2, 0.25) is 0 Å². The third kappa shape index (κ3) is 3.30. The molecule has 0 aliphatic rings. The summed E-state index contributed by atoms with van der Waals surface area (Å²) in [4.78, 5) is 11.9. The maximum absolute atomic E-state index is 11.9. The molecule has 0 aromatic heterocycles. The van der Waals surface area contributed by atoms with Crippen molar-refractivity contribution in [2.75, 3.05) is 13.1 Å². The van der Waals surface area contributed by atoms with Crippen molar-refractivity contribution in [1.29, 1.82) is 0 Å². The van der Waals surface area contributed by atoms with Crippen molar-refractivity contribution in [3.8, 4) is 0 Å². The molecule has 1 aromatic carbocycles. The molecule has 0 aliphatic heterocycles. The van der Waals surface area contributed by atoms with Gasteiger partial charge in [0.25, 0.3) is 0 Å². The smallest absolute Gasteiger partial charge is 0.227 e. The largest absolute Gasteiger partial charge is 0.354 e. The molecule has 3 N–H and O–H groups in total. The van der Waals surface area contributed by atoms with Gasteiger partial charge in [-0.1, -0.05) is 17.7 Å². The first-order valence-electron chi connectivity index (χ1n) is 6.03. The molecule has 1 unspecified atom stereocenters. The normalized spacial score (nSPS) is 12.3. The first-order valence-corrected chi connectivity index (χ1v) is 6.03. The zero-order chi connectivity index (χ0) is 13.0. The molecule has 0 radical (unpaired) electrons. The number of benzene rings is 1. The van der Waals surface area contributed by atoms with Crippen LogP contribution in [0.15, 0.2) is 12.1 Å². The Morgan fingerprint density at radius 2 is 1.82 bits per heavy atom. The van der Waals surface area contributed by atoms with Crippen LogP contribution in [0, 0.1) is 20.8 Å². The molecule has 17 heavy (non-hydrogen) atoms. The van der Waals surface area contributed by atoms with Gasteiger partial charge in [0.05, 0.1) is 5.92 Å². The molecule has 0 aliphatic carbocycles. The van der Waals surface area contributed by atoms with Crippen LogP contribution in [0.4, 0.5) is 0 Å². The summed E-state index contributed by atoms with van der Waals surface area (Å²) in [6, 6.07) is 4.24. The highest BCUT2D eigenvalue weighted by atomic mass is 16.1. The Morgan fingerprint density at radius 3 is 2.29 bits per heavy atom. The number of amides is 1. The van der Waals surface area contributed by atoms with Crippen LogP contribution in [0.5, 0.6) is 0 Å². The van der Waals surface area contributed by atoms with E-state index in [1.54, 1.807) is 0 Å². The second-order valence-electron chi connectivity index (χ2n) is 4.61. The van der Waals surface area contributed by atoms with Gasteiger partial charge in [-0.15, -0.1) is 0 Å². The Bertz CT molecular complexity index is 390. The van der Waals surface area contributed by atoms with E-state index >= 15 is 0 Å². The highest BCUT2D eigenvalue weighted by Gasteiger charge is 2.18. The summed E-state index contributed by atoms with van der Waals surface area (Å²) in [6.45, 7) is 9.14. The first-order chi connectivity index (χ1) is 7.97. The molecule has 0 bridgehead atoms. The summed E-state index contributed by atoms with van der Waals surface area (Å²) in [5.41, 5.74) is 10.1. The molecule has 1 amide bonds. The zero-order valence-electron chi connectivity index (χ0n) is 11.1. The Morgan fingerprint density at radius 1 is 1.29 bits per heavy atom. The molecule has 1 atom stereocenters. The predicted octanol–water partition coefficient (Wildman–Crippen LogP) is 1.79. The van der Waals surface area contributed by atoms with Gasteiger partial charge in [-0.25, -0.2) is 0 Å². The van der Waals surface area contributed by atoms with Gasteiger partial charge in [0.2, 0.25) is 5.91 Å². The fourth-order valence-electron chi connectivity index (χ4n) is 2.35. The topological polar surface area (TPSA) is 55.1 Å². The van der Waals surface area contributed by atoms with Crippen LogP contribution in [-0.2, 0) is 4.79 Å². The summed E-state index contributed by atoms with van der Waals surface area (Å²) in [5.74, 6) is -0.0762. The second-order valence-corrected chi connectivity index (χ2v) is 4.61. The monoisotopic (exact) mass is 234 g/mol. The highest BCUT2D eigenvalue weighted by molar-refractivity contribution is 5.84. The van der Waals surface area contributed by atoms with Gasteiger partial charge in [-0.3, -0.25) is 4.79 Å². The van der Waals surface area contributed by atoms with E-state index in [2.05, 4.69) is 38.2 Å². The molecule has 0 saturated carbocycles. The van der Waals surface area contributed by atoms with E-state index in [0.29, 0.717) is 13.1 Å². The Hall–Kier alpha value is -1.35. The van der Waals surface area contributed by atoms with Crippen LogP contribution >= 0.6 is 0 Å². The third-order valence-corrected chi connectivity index (χ3v) is 3.01. The summed E-state index contributed by atoms with van der Waals surface area (Å²) >= 11 is 0. The lowest BCUT2D eigenvalue weighted by atomic mass is 9.90. The van der Waals surface area contributed by atoms with E-state index in [1.165, 1.54) is 16.7 Å². The van der Waals surface area contributed by atoms with Gasteiger partial charge in [-0.2, -0.15) is 0 Å². The third-order valence-electron chi connectivity index (χ3n) is 3.01. The summed E-state index contributed by atoms with van der Waals surface area (Å²) in [7, 11) is 0. The number of hydrogen-bond acceptors (Lipinski definition) is 2. The van der Waals surface area contributed by atoms with Crippen LogP contribution < -0.4 is 11.1 Å². The lowest BCUT2D eigenvalue weighted by Gasteiger charge is -2.18. The highest BCUT2D eigenvalue weighted by Crippen LogP contribution is 2.25. The zero-order valence-corrected chi connectivity index (χ0v) is 11.1. The van der Waals surface area contributed by atoms with Crippen LogP contribution in [-0.4, -0.2) is 19.0 Å². The molecule has 0 saturated heterocycles. The van der Waals surface area contributed by atoms with Crippen molar-refractivity contribution < 1.29 is 4.79 Å². The van der Waals surface area contributed by atoms with Crippen LogP contribution in [0.3, 0.4) is 0 Å². The minimum Gasteiger partial charge on any atom is -0.354 e. The van der Waals surface area contributed by atoms with Gasteiger partial charge in [0.1, 0.15) is 0 Å². The molecular formula is C14H22N2O. The van der Waals surface area contributed by atoms with Gasteiger partial charge >= 0.3 is 0 Å². The SMILES string of the molecule is Cc1cc(C)c(C(C)C(=O)NCCN)c(C)c1. The Balaban J connectivity index is 2.96. The Labute approximate surface area is 103 Å². The van der Waals surface area contributed by atoms with E-state index in [-0.39, 0.29) is 11.8 Å². The Kier molecular flexibility index (Phi) is 4.70. The van der Waals surface area contributed by atoms with Crippen LogP contribution in [0.25, 0.3) is 0 Å². The van der Waals surface area contributed by atoms with E-state index in [1.807, 2.05) is 6.92 Å². The standard InChI is InChI=1S/C14H22N2O/c1-9-7-10(2)13(11(3)8-9)12(4)14(17)16-6-5-15/h7-8,12H,5-6,15H2,1-4H3,(H,16,17). The fraction of sp³-hybridized carbons (Fsp3) is 0.500. The van der Waals surface area contributed by atoms with Crippen molar-refractivity contribution in [1.82, 2.24) is 5.32 Å². The van der Waals surface area contributed by atoms with E-state index in [0.717, 1.165) is 5.56 Å². The quantitative estimate of drug-likeness (QED) is 0.834. The number of carbonyl (C=O) groups is 1. The number of aryl methyl sites for hydroxylation is 3. The average molecular weight is 234 g/mol. The molecule has 3 nitrogen and oxygen atoms in total. The number of nitrogens with two attached hydrogens (primary N) is 1. The van der Waals surface area contributed by atoms with E-state index < -0.39 is 0 Å². The maximum atomic E-state index is 11.9. The molecule has 1 rings (SSSR count). The first kappa shape index (κ1) is 13.7. The molecule has 1 aromatic rings. The predicted molar refractivity (Wildman–Crippen MR) is 71.1 cm³/mol. The van der Waals surface area contributed by atoms with Crippen molar-refractivity contribution in [2.45, 2.75) is 33.6 Å². The summed E-state index contributed by atoms with van der Waals surface area (Å²) in [6.07, 6.45) is 0. The molecule has 94 valence electrons.